The number of hydrogen-bond acceptors (Lipinski definition) is 1. The van der Waals surface area contributed by atoms with E-state index in [1.165, 1.54) is 12.1 Å². The molecule has 0 fully saturated rings. The van der Waals surface area contributed by atoms with E-state index in [-0.39, 0.29) is 5.91 Å². The Hall–Kier alpha value is -1.22. The molecule has 2 rings (SSSR count). The highest BCUT2D eigenvalue weighted by Crippen LogP contribution is 2.32. The zero-order chi connectivity index (χ0) is 13.1. The first-order valence-electron chi connectivity index (χ1n) is 5.09. The summed E-state index contributed by atoms with van der Waals surface area (Å²) in [4.78, 5) is 11.9. The second-order valence-corrected chi connectivity index (χ2v) is 4.79. The van der Waals surface area contributed by atoms with Crippen LogP contribution in [-0.2, 0) is 0 Å². The van der Waals surface area contributed by atoms with Crippen LogP contribution >= 0.6 is 34.8 Å². The summed E-state index contributed by atoms with van der Waals surface area (Å²) < 4.78 is 0. The minimum Gasteiger partial charge on any atom is -0.321 e. The van der Waals surface area contributed by atoms with Crippen molar-refractivity contribution in [2.45, 2.75) is 0 Å². The Morgan fingerprint density at radius 3 is 2.17 bits per heavy atom. The number of carbonyl (C=O) groups excluding carboxylic acids is 1. The van der Waals surface area contributed by atoms with Gasteiger partial charge in [-0.15, -0.1) is 0 Å². The van der Waals surface area contributed by atoms with Crippen LogP contribution in [0, 0.1) is 0 Å². The molecule has 0 aromatic heterocycles. The minimum atomic E-state index is -0.254. The third-order valence-electron chi connectivity index (χ3n) is 2.29. The molecule has 0 radical (unpaired) electrons. The Morgan fingerprint density at radius 1 is 0.889 bits per heavy atom. The molecule has 0 aliphatic heterocycles. The van der Waals surface area contributed by atoms with Crippen molar-refractivity contribution in [1.29, 1.82) is 0 Å². The van der Waals surface area contributed by atoms with E-state index in [9.17, 15) is 4.79 Å². The maximum absolute atomic E-state index is 11.9. The number of hydrogen-bond donors (Lipinski definition) is 1. The molecule has 1 amide bonds. The molecule has 0 bridgehead atoms. The van der Waals surface area contributed by atoms with Crippen LogP contribution in [0.3, 0.4) is 0 Å². The van der Waals surface area contributed by atoms with Gasteiger partial charge in [-0.2, -0.15) is 0 Å². The lowest BCUT2D eigenvalue weighted by Gasteiger charge is -2.08. The van der Waals surface area contributed by atoms with Gasteiger partial charge in [0.15, 0.2) is 0 Å². The molecule has 92 valence electrons. The molecule has 2 aromatic rings. The Balaban J connectivity index is 2.25. The summed E-state index contributed by atoms with van der Waals surface area (Å²) in [7, 11) is 0. The van der Waals surface area contributed by atoms with Gasteiger partial charge in [-0.1, -0.05) is 53.0 Å². The highest BCUT2D eigenvalue weighted by atomic mass is 35.5. The quantitative estimate of drug-likeness (QED) is 0.785. The SMILES string of the molecule is O=C(Nc1cc(Cl)c(Cl)cc1Cl)c1ccccc1. The van der Waals surface area contributed by atoms with Gasteiger partial charge >= 0.3 is 0 Å². The van der Waals surface area contributed by atoms with Gasteiger partial charge in [0.1, 0.15) is 0 Å². The fourth-order valence-corrected chi connectivity index (χ4v) is 2.00. The monoisotopic (exact) mass is 299 g/mol. The van der Waals surface area contributed by atoms with E-state index < -0.39 is 0 Å². The fraction of sp³-hybridized carbons (Fsp3) is 0. The van der Waals surface area contributed by atoms with Gasteiger partial charge in [0, 0.05) is 5.56 Å². The molecule has 0 atom stereocenters. The molecule has 0 heterocycles. The molecule has 2 aromatic carbocycles. The molecule has 2 nitrogen and oxygen atoms in total. The molecular formula is C13H8Cl3NO. The summed E-state index contributed by atoms with van der Waals surface area (Å²) in [5.41, 5.74) is 0.972. The normalized spacial score (nSPS) is 10.2. The number of anilines is 1. The number of carbonyl (C=O) groups is 1. The van der Waals surface area contributed by atoms with Crippen LogP contribution in [0.2, 0.25) is 15.1 Å². The molecule has 18 heavy (non-hydrogen) atoms. The van der Waals surface area contributed by atoms with E-state index in [1.807, 2.05) is 6.07 Å². The summed E-state index contributed by atoms with van der Waals surface area (Å²) in [5.74, 6) is -0.254. The molecule has 0 saturated heterocycles. The standard InChI is InChI=1S/C13H8Cl3NO/c14-9-6-11(16)12(7-10(9)15)17-13(18)8-4-2-1-3-5-8/h1-7H,(H,17,18). The van der Waals surface area contributed by atoms with Crippen LogP contribution in [0.25, 0.3) is 0 Å². The second-order valence-electron chi connectivity index (χ2n) is 3.57. The van der Waals surface area contributed by atoms with E-state index >= 15 is 0 Å². The van der Waals surface area contributed by atoms with E-state index in [0.717, 1.165) is 0 Å². The average Bonchev–Trinajstić information content (AvgIpc) is 2.37. The van der Waals surface area contributed by atoms with Crippen molar-refractivity contribution in [2.75, 3.05) is 5.32 Å². The Labute approximate surface area is 119 Å². The smallest absolute Gasteiger partial charge is 0.255 e. The van der Waals surface area contributed by atoms with Crippen molar-refractivity contribution in [2.24, 2.45) is 0 Å². The van der Waals surface area contributed by atoms with Crippen LogP contribution in [0.4, 0.5) is 5.69 Å². The predicted octanol–water partition coefficient (Wildman–Crippen LogP) is 4.90. The van der Waals surface area contributed by atoms with Crippen LogP contribution in [-0.4, -0.2) is 5.91 Å². The van der Waals surface area contributed by atoms with Crippen molar-refractivity contribution in [3.05, 3.63) is 63.1 Å². The number of rotatable bonds is 2. The van der Waals surface area contributed by atoms with Crippen molar-refractivity contribution >= 4 is 46.4 Å². The van der Waals surface area contributed by atoms with E-state index in [1.54, 1.807) is 24.3 Å². The van der Waals surface area contributed by atoms with Crippen LogP contribution < -0.4 is 5.32 Å². The predicted molar refractivity (Wildman–Crippen MR) is 75.9 cm³/mol. The number of nitrogens with one attached hydrogen (secondary N) is 1. The van der Waals surface area contributed by atoms with E-state index in [4.69, 9.17) is 34.8 Å². The van der Waals surface area contributed by atoms with Gasteiger partial charge in [0.25, 0.3) is 5.91 Å². The van der Waals surface area contributed by atoms with Crippen molar-refractivity contribution in [3.8, 4) is 0 Å². The van der Waals surface area contributed by atoms with Crippen molar-refractivity contribution in [1.82, 2.24) is 0 Å². The lowest BCUT2D eigenvalue weighted by atomic mass is 10.2. The van der Waals surface area contributed by atoms with Gasteiger partial charge in [0.2, 0.25) is 0 Å². The zero-order valence-corrected chi connectivity index (χ0v) is 11.4. The Morgan fingerprint density at radius 2 is 1.50 bits per heavy atom. The topological polar surface area (TPSA) is 29.1 Å². The summed E-state index contributed by atoms with van der Waals surface area (Å²) in [5, 5.41) is 3.71. The third kappa shape index (κ3) is 2.96. The van der Waals surface area contributed by atoms with Gasteiger partial charge < -0.3 is 5.32 Å². The summed E-state index contributed by atoms with van der Waals surface area (Å²) in [6, 6.07) is 11.8. The lowest BCUT2D eigenvalue weighted by Crippen LogP contribution is -2.11. The number of amides is 1. The van der Waals surface area contributed by atoms with Crippen LogP contribution in [0.1, 0.15) is 10.4 Å². The maximum atomic E-state index is 11.9. The molecule has 0 saturated carbocycles. The molecule has 0 spiro atoms. The summed E-state index contributed by atoms with van der Waals surface area (Å²) in [6.07, 6.45) is 0. The fourth-order valence-electron chi connectivity index (χ4n) is 1.40. The average molecular weight is 301 g/mol. The highest BCUT2D eigenvalue weighted by Gasteiger charge is 2.10. The highest BCUT2D eigenvalue weighted by molar-refractivity contribution is 6.44. The van der Waals surface area contributed by atoms with Crippen LogP contribution in [0.5, 0.6) is 0 Å². The second kappa shape index (κ2) is 5.61. The van der Waals surface area contributed by atoms with E-state index in [0.29, 0.717) is 26.3 Å². The minimum absolute atomic E-state index is 0.254. The number of benzene rings is 2. The molecule has 5 heteroatoms. The number of halogens is 3. The first kappa shape index (κ1) is 13.2. The van der Waals surface area contributed by atoms with Crippen molar-refractivity contribution in [3.63, 3.8) is 0 Å². The Kier molecular flexibility index (Phi) is 4.12. The third-order valence-corrected chi connectivity index (χ3v) is 3.33. The lowest BCUT2D eigenvalue weighted by molar-refractivity contribution is 0.102. The molecular weight excluding hydrogens is 293 g/mol. The van der Waals surface area contributed by atoms with Gasteiger partial charge in [0.05, 0.1) is 20.8 Å². The summed E-state index contributed by atoms with van der Waals surface area (Å²) in [6.45, 7) is 0. The largest absolute Gasteiger partial charge is 0.321 e. The van der Waals surface area contributed by atoms with Crippen molar-refractivity contribution < 1.29 is 4.79 Å². The van der Waals surface area contributed by atoms with Crippen LogP contribution in [0.15, 0.2) is 42.5 Å². The molecule has 0 aliphatic carbocycles. The van der Waals surface area contributed by atoms with Gasteiger partial charge in [-0.05, 0) is 24.3 Å². The maximum Gasteiger partial charge on any atom is 0.255 e. The molecule has 1 N–H and O–H groups in total. The van der Waals surface area contributed by atoms with Gasteiger partial charge in [-0.3, -0.25) is 4.79 Å². The molecule has 0 unspecified atom stereocenters. The Bertz CT molecular complexity index is 584. The zero-order valence-electron chi connectivity index (χ0n) is 9.08. The van der Waals surface area contributed by atoms with E-state index in [2.05, 4.69) is 5.32 Å². The van der Waals surface area contributed by atoms with Gasteiger partial charge in [-0.25, -0.2) is 0 Å². The summed E-state index contributed by atoms with van der Waals surface area (Å²) >= 11 is 17.7. The first-order chi connectivity index (χ1) is 8.58. The molecule has 0 aliphatic rings. The first-order valence-corrected chi connectivity index (χ1v) is 6.22.